The largest absolute Gasteiger partial charge is 0.478 e. The van der Waals surface area contributed by atoms with E-state index in [0.717, 1.165) is 26.6 Å². The molecule has 0 saturated carbocycles. The molecule has 0 aliphatic rings. The molecule has 0 saturated heterocycles. The number of H-pyrrole nitrogens is 1. The zero-order valence-corrected chi connectivity index (χ0v) is 15.2. The molecular formula is C20H13N5O2S. The van der Waals surface area contributed by atoms with Crippen LogP contribution in [0.2, 0.25) is 0 Å². The van der Waals surface area contributed by atoms with Crippen LogP contribution in [0.15, 0.2) is 60.2 Å². The van der Waals surface area contributed by atoms with Gasteiger partial charge in [-0.15, -0.1) is 11.3 Å². The van der Waals surface area contributed by atoms with Crippen LogP contribution in [0.5, 0.6) is 0 Å². The number of pyridine rings is 1. The number of hydrogen-bond donors (Lipinski definition) is 3. The summed E-state index contributed by atoms with van der Waals surface area (Å²) >= 11 is 1.62. The molecule has 0 spiro atoms. The lowest BCUT2D eigenvalue weighted by Gasteiger charge is -2.12. The van der Waals surface area contributed by atoms with E-state index in [1.54, 1.807) is 35.6 Å². The Kier molecular flexibility index (Phi) is 3.77. The minimum atomic E-state index is -0.993. The molecule has 8 heteroatoms. The highest BCUT2D eigenvalue weighted by molar-refractivity contribution is 7.18. The van der Waals surface area contributed by atoms with E-state index in [-0.39, 0.29) is 5.56 Å². The summed E-state index contributed by atoms with van der Waals surface area (Å²) in [4.78, 5) is 20.7. The van der Waals surface area contributed by atoms with Crippen LogP contribution < -0.4 is 5.32 Å². The quantitative estimate of drug-likeness (QED) is 0.414. The predicted octanol–water partition coefficient (Wildman–Crippen LogP) is 4.68. The zero-order valence-electron chi connectivity index (χ0n) is 14.4. The zero-order chi connectivity index (χ0) is 19.1. The molecule has 3 N–H and O–H groups in total. The Morgan fingerprint density at radius 1 is 1.07 bits per heavy atom. The fraction of sp³-hybridized carbons (Fsp3) is 0. The fourth-order valence-corrected chi connectivity index (χ4v) is 4.17. The van der Waals surface area contributed by atoms with Crippen molar-refractivity contribution >= 4 is 49.8 Å². The number of aromatic amines is 1. The van der Waals surface area contributed by atoms with Gasteiger partial charge in [-0.05, 0) is 29.6 Å². The standard InChI is InChI=1S/C20H13N5O2S/c26-20(27)11-4-1-2-7-15(11)23-19-14-8-9-28-17(14)12-5-3-6-13(16(12)24-19)18-21-10-22-25-18/h1-10H,(H,23,24)(H,26,27)(H,21,22,25). The van der Waals surface area contributed by atoms with Gasteiger partial charge in [0.2, 0.25) is 0 Å². The van der Waals surface area contributed by atoms with Gasteiger partial charge in [0.15, 0.2) is 5.82 Å². The van der Waals surface area contributed by atoms with Gasteiger partial charge in [-0.1, -0.05) is 24.3 Å². The van der Waals surface area contributed by atoms with Gasteiger partial charge in [-0.3, -0.25) is 5.10 Å². The lowest BCUT2D eigenvalue weighted by atomic mass is 10.1. The molecule has 0 aliphatic carbocycles. The maximum atomic E-state index is 11.6. The first-order chi connectivity index (χ1) is 13.7. The van der Waals surface area contributed by atoms with Crippen molar-refractivity contribution in [2.24, 2.45) is 0 Å². The van der Waals surface area contributed by atoms with Gasteiger partial charge in [0.1, 0.15) is 12.1 Å². The molecule has 5 rings (SSSR count). The topological polar surface area (TPSA) is 104 Å². The number of benzene rings is 2. The van der Waals surface area contributed by atoms with E-state index in [0.29, 0.717) is 17.3 Å². The summed E-state index contributed by atoms with van der Waals surface area (Å²) in [6, 6.07) is 14.7. The maximum Gasteiger partial charge on any atom is 0.337 e. The van der Waals surface area contributed by atoms with E-state index < -0.39 is 5.97 Å². The van der Waals surface area contributed by atoms with Crippen LogP contribution in [0.4, 0.5) is 11.5 Å². The Morgan fingerprint density at radius 2 is 1.96 bits per heavy atom. The summed E-state index contributed by atoms with van der Waals surface area (Å²) < 4.78 is 1.07. The molecule has 0 bridgehead atoms. The molecular weight excluding hydrogens is 374 g/mol. The van der Waals surface area contributed by atoms with Crippen molar-refractivity contribution in [1.29, 1.82) is 0 Å². The highest BCUT2D eigenvalue weighted by atomic mass is 32.1. The molecule has 3 heterocycles. The molecule has 0 unspecified atom stereocenters. The van der Waals surface area contributed by atoms with Crippen LogP contribution in [0, 0.1) is 0 Å². The van der Waals surface area contributed by atoms with Gasteiger partial charge >= 0.3 is 5.97 Å². The number of hydrogen-bond acceptors (Lipinski definition) is 6. The summed E-state index contributed by atoms with van der Waals surface area (Å²) in [5, 5.41) is 23.5. The van der Waals surface area contributed by atoms with Crippen LogP contribution in [0.3, 0.4) is 0 Å². The number of anilines is 2. The number of nitrogens with one attached hydrogen (secondary N) is 2. The van der Waals surface area contributed by atoms with E-state index in [2.05, 4.69) is 20.5 Å². The molecule has 0 fully saturated rings. The second-order valence-electron chi connectivity index (χ2n) is 6.14. The SMILES string of the molecule is O=C(O)c1ccccc1Nc1nc2c(-c3ncn[nH]3)cccc2c2sccc12. The van der Waals surface area contributed by atoms with E-state index in [1.807, 2.05) is 29.6 Å². The highest BCUT2D eigenvalue weighted by Gasteiger charge is 2.16. The number of carboxylic acids is 1. The van der Waals surface area contributed by atoms with Crippen molar-refractivity contribution in [1.82, 2.24) is 20.2 Å². The number of rotatable bonds is 4. The molecule has 5 aromatic rings. The van der Waals surface area contributed by atoms with Crippen molar-refractivity contribution in [2.45, 2.75) is 0 Å². The van der Waals surface area contributed by atoms with Crippen molar-refractivity contribution in [3.63, 3.8) is 0 Å². The average molecular weight is 387 g/mol. The molecule has 0 amide bonds. The summed E-state index contributed by atoms with van der Waals surface area (Å²) in [6.07, 6.45) is 1.46. The van der Waals surface area contributed by atoms with Gasteiger partial charge in [0, 0.05) is 21.0 Å². The maximum absolute atomic E-state index is 11.6. The third kappa shape index (κ3) is 2.58. The number of nitrogens with zero attached hydrogens (tertiary/aromatic N) is 3. The van der Waals surface area contributed by atoms with Gasteiger partial charge in [0.25, 0.3) is 0 Å². The van der Waals surface area contributed by atoms with Crippen molar-refractivity contribution in [3.05, 3.63) is 65.8 Å². The summed E-state index contributed by atoms with van der Waals surface area (Å²) in [5.74, 6) is 0.239. The van der Waals surface area contributed by atoms with E-state index in [9.17, 15) is 9.90 Å². The number of aromatic nitrogens is 4. The lowest BCUT2D eigenvalue weighted by molar-refractivity contribution is 0.0698. The van der Waals surface area contributed by atoms with Crippen molar-refractivity contribution in [3.8, 4) is 11.4 Å². The Morgan fingerprint density at radius 3 is 2.79 bits per heavy atom. The van der Waals surface area contributed by atoms with Crippen LogP contribution in [0.1, 0.15) is 10.4 Å². The van der Waals surface area contributed by atoms with E-state index >= 15 is 0 Å². The number of fused-ring (bicyclic) bond motifs is 3. The van der Waals surface area contributed by atoms with Crippen LogP contribution in [-0.2, 0) is 0 Å². The molecule has 2 aromatic carbocycles. The van der Waals surface area contributed by atoms with Gasteiger partial charge in [0.05, 0.1) is 16.8 Å². The van der Waals surface area contributed by atoms with Crippen molar-refractivity contribution < 1.29 is 9.90 Å². The Hall–Kier alpha value is -3.78. The predicted molar refractivity (Wildman–Crippen MR) is 109 cm³/mol. The monoisotopic (exact) mass is 387 g/mol. The van der Waals surface area contributed by atoms with Crippen LogP contribution >= 0.6 is 11.3 Å². The Bertz CT molecular complexity index is 1330. The first-order valence-electron chi connectivity index (χ1n) is 8.47. The first kappa shape index (κ1) is 16.4. The molecule has 28 heavy (non-hydrogen) atoms. The second-order valence-corrected chi connectivity index (χ2v) is 7.05. The third-order valence-corrected chi connectivity index (χ3v) is 5.45. The summed E-state index contributed by atoms with van der Waals surface area (Å²) in [7, 11) is 0. The Labute approximate surface area is 162 Å². The minimum Gasteiger partial charge on any atom is -0.478 e. The average Bonchev–Trinajstić information content (AvgIpc) is 3.40. The molecule has 136 valence electrons. The highest BCUT2D eigenvalue weighted by Crippen LogP contribution is 2.37. The first-order valence-corrected chi connectivity index (χ1v) is 9.35. The van der Waals surface area contributed by atoms with Crippen LogP contribution in [0.25, 0.3) is 32.4 Å². The number of para-hydroxylation sites is 2. The molecule has 0 atom stereocenters. The number of carboxylic acid groups (broad SMARTS) is 1. The smallest absolute Gasteiger partial charge is 0.337 e. The number of carbonyl (C=O) groups is 1. The third-order valence-electron chi connectivity index (χ3n) is 4.51. The molecule has 0 aliphatic heterocycles. The van der Waals surface area contributed by atoms with E-state index in [4.69, 9.17) is 4.98 Å². The minimum absolute atomic E-state index is 0.191. The Balaban J connectivity index is 1.76. The van der Waals surface area contributed by atoms with Crippen molar-refractivity contribution in [2.75, 3.05) is 5.32 Å². The van der Waals surface area contributed by atoms with Gasteiger partial charge in [-0.2, -0.15) is 5.10 Å². The van der Waals surface area contributed by atoms with E-state index in [1.165, 1.54) is 6.33 Å². The summed E-state index contributed by atoms with van der Waals surface area (Å²) in [6.45, 7) is 0. The molecule has 0 radical (unpaired) electrons. The molecule has 3 aromatic heterocycles. The van der Waals surface area contributed by atoms with Gasteiger partial charge in [-0.25, -0.2) is 14.8 Å². The normalized spacial score (nSPS) is 11.1. The summed E-state index contributed by atoms with van der Waals surface area (Å²) in [5.41, 5.74) is 2.28. The molecule has 7 nitrogen and oxygen atoms in total. The second kappa shape index (κ2) is 6.43. The number of thiophene rings is 1. The lowest BCUT2D eigenvalue weighted by Crippen LogP contribution is -2.03. The van der Waals surface area contributed by atoms with Crippen LogP contribution in [-0.4, -0.2) is 31.2 Å². The fourth-order valence-electron chi connectivity index (χ4n) is 3.25. The van der Waals surface area contributed by atoms with Gasteiger partial charge < -0.3 is 10.4 Å². The number of aromatic carboxylic acids is 1.